The molecule has 1 aliphatic carbocycles. The topological polar surface area (TPSA) is 61.9 Å². The first-order valence-corrected chi connectivity index (χ1v) is 11.2. The molecule has 4 rings (SSSR count). The number of amides is 2. The van der Waals surface area contributed by atoms with Gasteiger partial charge < -0.3 is 19.9 Å². The van der Waals surface area contributed by atoms with Crippen molar-refractivity contribution in [3.8, 4) is 0 Å². The van der Waals surface area contributed by atoms with Gasteiger partial charge in [0.1, 0.15) is 0 Å². The van der Waals surface area contributed by atoms with Crippen LogP contribution in [0.5, 0.6) is 0 Å². The van der Waals surface area contributed by atoms with Gasteiger partial charge in [0.25, 0.3) is 0 Å². The van der Waals surface area contributed by atoms with Crippen LogP contribution in [-0.4, -0.2) is 56.1 Å². The molecule has 0 radical (unpaired) electrons. The Hall–Kier alpha value is -2.57. The molecular weight excluding hydrogens is 414 g/mol. The van der Waals surface area contributed by atoms with E-state index in [0.717, 1.165) is 56.1 Å². The van der Waals surface area contributed by atoms with Crippen molar-refractivity contribution in [2.24, 2.45) is 0 Å². The largest absolute Gasteiger partial charge is 0.378 e. The Bertz CT molecular complexity index is 920. The standard InChI is InChI=1S/C24H28ClN3O3/c1-2-27(23(30)24(11-12-24)18-3-5-19(25)6-4-18)17-22(29)26-20-7-9-21(10-8-20)28-13-15-31-16-14-28/h3-10H,2,11-17H2,1H3,(H,26,29). The average molecular weight is 442 g/mol. The van der Waals surface area contributed by atoms with E-state index in [1.807, 2.05) is 55.5 Å². The number of likely N-dealkylation sites (N-methyl/N-ethyl adjacent to an activating group) is 1. The molecule has 31 heavy (non-hydrogen) atoms. The fourth-order valence-corrected chi connectivity index (χ4v) is 4.23. The number of anilines is 2. The normalized spacial score (nSPS) is 17.2. The Kier molecular flexibility index (Phi) is 6.49. The van der Waals surface area contributed by atoms with Crippen molar-refractivity contribution in [2.75, 3.05) is 49.6 Å². The predicted molar refractivity (Wildman–Crippen MR) is 123 cm³/mol. The Labute approximate surface area is 188 Å². The van der Waals surface area contributed by atoms with Gasteiger partial charge >= 0.3 is 0 Å². The van der Waals surface area contributed by atoms with Crippen molar-refractivity contribution in [1.29, 1.82) is 0 Å². The SMILES string of the molecule is CCN(CC(=O)Nc1ccc(N2CCOCC2)cc1)C(=O)C1(c2ccc(Cl)cc2)CC1. The zero-order valence-electron chi connectivity index (χ0n) is 17.8. The fraction of sp³-hybridized carbons (Fsp3) is 0.417. The third-order valence-electron chi connectivity index (χ3n) is 6.09. The van der Waals surface area contributed by atoms with Crippen LogP contribution in [0.2, 0.25) is 5.02 Å². The molecule has 1 saturated carbocycles. The van der Waals surface area contributed by atoms with Crippen molar-refractivity contribution in [3.63, 3.8) is 0 Å². The molecule has 1 saturated heterocycles. The maximum Gasteiger partial charge on any atom is 0.243 e. The highest BCUT2D eigenvalue weighted by atomic mass is 35.5. The van der Waals surface area contributed by atoms with Gasteiger partial charge in [-0.25, -0.2) is 0 Å². The number of ether oxygens (including phenoxy) is 1. The summed E-state index contributed by atoms with van der Waals surface area (Å²) in [7, 11) is 0. The van der Waals surface area contributed by atoms with E-state index in [4.69, 9.17) is 16.3 Å². The number of halogens is 1. The maximum atomic E-state index is 13.2. The molecule has 0 unspecified atom stereocenters. The molecule has 0 spiro atoms. The van der Waals surface area contributed by atoms with Crippen molar-refractivity contribution in [1.82, 2.24) is 4.90 Å². The minimum absolute atomic E-state index is 0.00939. The molecule has 2 aromatic rings. The molecule has 2 aliphatic rings. The lowest BCUT2D eigenvalue weighted by Gasteiger charge is -2.29. The summed E-state index contributed by atoms with van der Waals surface area (Å²) in [5.41, 5.74) is 2.30. The second-order valence-corrected chi connectivity index (χ2v) is 8.54. The van der Waals surface area contributed by atoms with E-state index in [1.165, 1.54) is 0 Å². The van der Waals surface area contributed by atoms with Crippen molar-refractivity contribution in [2.45, 2.75) is 25.2 Å². The van der Waals surface area contributed by atoms with Crippen LogP contribution in [0, 0.1) is 0 Å². The summed E-state index contributed by atoms with van der Waals surface area (Å²) in [6, 6.07) is 15.3. The average Bonchev–Trinajstić information content (AvgIpc) is 3.60. The molecule has 0 aromatic heterocycles. The van der Waals surface area contributed by atoms with Gasteiger partial charge in [-0.1, -0.05) is 23.7 Å². The number of benzene rings is 2. The van der Waals surface area contributed by atoms with Gasteiger partial charge in [-0.2, -0.15) is 0 Å². The Balaban J connectivity index is 1.36. The van der Waals surface area contributed by atoms with Crippen LogP contribution in [0.1, 0.15) is 25.3 Å². The lowest BCUT2D eigenvalue weighted by Crippen LogP contribution is -2.43. The molecule has 0 atom stereocenters. The predicted octanol–water partition coefficient (Wildman–Crippen LogP) is 3.70. The first-order chi connectivity index (χ1) is 15.0. The highest BCUT2D eigenvalue weighted by molar-refractivity contribution is 6.30. The third kappa shape index (κ3) is 4.86. The van der Waals surface area contributed by atoms with Crippen LogP contribution in [0.4, 0.5) is 11.4 Å². The third-order valence-corrected chi connectivity index (χ3v) is 6.34. The number of morpholine rings is 1. The van der Waals surface area contributed by atoms with Crippen LogP contribution < -0.4 is 10.2 Å². The molecule has 2 amide bonds. The number of carbonyl (C=O) groups is 2. The highest BCUT2D eigenvalue weighted by Crippen LogP contribution is 2.49. The summed E-state index contributed by atoms with van der Waals surface area (Å²) in [6.07, 6.45) is 1.60. The summed E-state index contributed by atoms with van der Waals surface area (Å²) < 4.78 is 5.39. The van der Waals surface area contributed by atoms with Gasteiger partial charge in [0, 0.05) is 36.0 Å². The van der Waals surface area contributed by atoms with Gasteiger partial charge in [-0.3, -0.25) is 9.59 Å². The minimum atomic E-state index is -0.513. The molecule has 1 heterocycles. The zero-order valence-corrected chi connectivity index (χ0v) is 18.5. The molecule has 1 aliphatic heterocycles. The van der Waals surface area contributed by atoms with Crippen molar-refractivity contribution < 1.29 is 14.3 Å². The summed E-state index contributed by atoms with van der Waals surface area (Å²) in [4.78, 5) is 29.8. The van der Waals surface area contributed by atoms with Crippen LogP contribution in [0.15, 0.2) is 48.5 Å². The summed E-state index contributed by atoms with van der Waals surface area (Å²) >= 11 is 5.99. The van der Waals surface area contributed by atoms with E-state index in [2.05, 4.69) is 10.2 Å². The summed E-state index contributed by atoms with van der Waals surface area (Å²) in [5, 5.41) is 3.57. The molecule has 7 heteroatoms. The van der Waals surface area contributed by atoms with E-state index < -0.39 is 5.41 Å². The molecule has 6 nitrogen and oxygen atoms in total. The Morgan fingerprint density at radius 1 is 1.06 bits per heavy atom. The number of nitrogens with one attached hydrogen (secondary N) is 1. The monoisotopic (exact) mass is 441 g/mol. The first-order valence-electron chi connectivity index (χ1n) is 10.8. The molecular formula is C24H28ClN3O3. The number of nitrogens with zero attached hydrogens (tertiary/aromatic N) is 2. The van der Waals surface area contributed by atoms with Gasteiger partial charge in [0.2, 0.25) is 11.8 Å². The van der Waals surface area contributed by atoms with Crippen LogP contribution in [0.3, 0.4) is 0 Å². The zero-order chi connectivity index (χ0) is 21.8. The lowest BCUT2D eigenvalue weighted by atomic mass is 9.94. The van der Waals surface area contributed by atoms with Crippen LogP contribution in [-0.2, 0) is 19.7 Å². The lowest BCUT2D eigenvalue weighted by molar-refractivity contribution is -0.136. The van der Waals surface area contributed by atoms with Crippen molar-refractivity contribution >= 4 is 34.8 Å². The summed E-state index contributed by atoms with van der Waals surface area (Å²) in [6.45, 7) is 5.63. The molecule has 164 valence electrons. The first kappa shape index (κ1) is 21.7. The van der Waals surface area contributed by atoms with E-state index in [0.29, 0.717) is 11.6 Å². The minimum Gasteiger partial charge on any atom is -0.378 e. The van der Waals surface area contributed by atoms with E-state index >= 15 is 0 Å². The van der Waals surface area contributed by atoms with Crippen LogP contribution in [0.25, 0.3) is 0 Å². The van der Waals surface area contributed by atoms with Gasteiger partial charge in [0.05, 0.1) is 25.2 Å². The molecule has 2 fully saturated rings. The second-order valence-electron chi connectivity index (χ2n) is 8.10. The number of hydrogen-bond acceptors (Lipinski definition) is 4. The quantitative estimate of drug-likeness (QED) is 0.711. The number of rotatable bonds is 7. The van der Waals surface area contributed by atoms with Crippen molar-refractivity contribution in [3.05, 3.63) is 59.1 Å². The fourth-order valence-electron chi connectivity index (χ4n) is 4.10. The Morgan fingerprint density at radius 2 is 1.71 bits per heavy atom. The van der Waals surface area contributed by atoms with E-state index in [-0.39, 0.29) is 18.4 Å². The molecule has 1 N–H and O–H groups in total. The van der Waals surface area contributed by atoms with Gasteiger partial charge in [-0.05, 0) is 61.7 Å². The van der Waals surface area contributed by atoms with E-state index in [1.54, 1.807) is 4.90 Å². The number of hydrogen-bond donors (Lipinski definition) is 1. The smallest absolute Gasteiger partial charge is 0.243 e. The summed E-state index contributed by atoms with van der Waals surface area (Å²) in [5.74, 6) is -0.184. The van der Waals surface area contributed by atoms with Crippen LogP contribution >= 0.6 is 11.6 Å². The Morgan fingerprint density at radius 3 is 2.29 bits per heavy atom. The second kappa shape index (κ2) is 9.28. The van der Waals surface area contributed by atoms with Gasteiger partial charge in [0.15, 0.2) is 0 Å². The maximum absolute atomic E-state index is 13.2. The number of carbonyl (C=O) groups excluding carboxylic acids is 2. The highest BCUT2D eigenvalue weighted by Gasteiger charge is 2.52. The van der Waals surface area contributed by atoms with Gasteiger partial charge in [-0.15, -0.1) is 0 Å². The van der Waals surface area contributed by atoms with E-state index in [9.17, 15) is 9.59 Å². The molecule has 0 bridgehead atoms. The molecule has 2 aromatic carbocycles.